The molecular formula is C17H13ClF2N2O4S. The number of sulfonamides is 1. The number of halogens is 3. The highest BCUT2D eigenvalue weighted by Crippen LogP contribution is 2.37. The zero-order valence-corrected chi connectivity index (χ0v) is 15.4. The highest BCUT2D eigenvalue weighted by molar-refractivity contribution is 7.89. The molecule has 1 heterocycles. The van der Waals surface area contributed by atoms with Gasteiger partial charge in [0.15, 0.2) is 10.7 Å². The molecule has 0 spiro atoms. The standard InChI is InChI=1S/C17H13ClF2N2O4S/c1-8-2-3-9(4-11(8)18)16-15(14(7-23)26-22-16)10-5-12(19)17(13(20)6-10)27(21,24)25/h2-6,23H,7H2,1H3,(H2,21,24,25). The number of aryl methyl sites for hydroxylation is 1. The Kier molecular flexibility index (Phi) is 5.04. The Morgan fingerprint density at radius 2 is 1.81 bits per heavy atom. The van der Waals surface area contributed by atoms with E-state index in [1.54, 1.807) is 25.1 Å². The first kappa shape index (κ1) is 19.4. The molecule has 0 saturated carbocycles. The maximum atomic E-state index is 14.3. The van der Waals surface area contributed by atoms with Crippen LogP contribution in [0, 0.1) is 18.6 Å². The van der Waals surface area contributed by atoms with Gasteiger partial charge in [0.2, 0.25) is 10.0 Å². The van der Waals surface area contributed by atoms with E-state index in [1.807, 2.05) is 0 Å². The van der Waals surface area contributed by atoms with Crippen LogP contribution in [-0.4, -0.2) is 18.7 Å². The van der Waals surface area contributed by atoms with Crippen LogP contribution >= 0.6 is 11.6 Å². The van der Waals surface area contributed by atoms with E-state index in [4.69, 9.17) is 21.3 Å². The van der Waals surface area contributed by atoms with E-state index in [0.717, 1.165) is 17.7 Å². The minimum atomic E-state index is -4.59. The lowest BCUT2D eigenvalue weighted by molar-refractivity contribution is 0.230. The summed E-state index contributed by atoms with van der Waals surface area (Å²) in [5, 5.41) is 18.6. The van der Waals surface area contributed by atoms with Gasteiger partial charge in [-0.15, -0.1) is 0 Å². The van der Waals surface area contributed by atoms with Crippen molar-refractivity contribution in [3.8, 4) is 22.4 Å². The van der Waals surface area contributed by atoms with Crippen LogP contribution in [0.1, 0.15) is 11.3 Å². The summed E-state index contributed by atoms with van der Waals surface area (Å²) in [5.74, 6) is -2.79. The van der Waals surface area contributed by atoms with Gasteiger partial charge in [-0.05, 0) is 36.2 Å². The minimum absolute atomic E-state index is 0.0520. The molecular weight excluding hydrogens is 402 g/mol. The lowest BCUT2D eigenvalue weighted by atomic mass is 9.98. The van der Waals surface area contributed by atoms with Crippen LogP contribution in [0.15, 0.2) is 39.8 Å². The Hall–Kier alpha value is -2.33. The lowest BCUT2D eigenvalue weighted by Crippen LogP contribution is -2.16. The Balaban J connectivity index is 2.26. The molecule has 0 aliphatic heterocycles. The third-order valence-corrected chi connectivity index (χ3v) is 5.29. The smallest absolute Gasteiger partial charge is 0.243 e. The second-order valence-corrected chi connectivity index (χ2v) is 7.67. The van der Waals surface area contributed by atoms with E-state index in [1.165, 1.54) is 0 Å². The summed E-state index contributed by atoms with van der Waals surface area (Å²) < 4.78 is 56.3. The fourth-order valence-corrected chi connectivity index (χ4v) is 3.48. The second-order valence-electron chi connectivity index (χ2n) is 5.77. The van der Waals surface area contributed by atoms with Gasteiger partial charge >= 0.3 is 0 Å². The SMILES string of the molecule is Cc1ccc(-c2noc(CO)c2-c2cc(F)c(S(N)(=O)=O)c(F)c2)cc1Cl. The van der Waals surface area contributed by atoms with E-state index in [9.17, 15) is 22.3 Å². The van der Waals surface area contributed by atoms with E-state index >= 15 is 0 Å². The minimum Gasteiger partial charge on any atom is -0.388 e. The predicted molar refractivity (Wildman–Crippen MR) is 94.3 cm³/mol. The Bertz CT molecular complexity index is 1120. The highest BCUT2D eigenvalue weighted by Gasteiger charge is 2.25. The van der Waals surface area contributed by atoms with Crippen LogP contribution in [0.5, 0.6) is 0 Å². The van der Waals surface area contributed by atoms with Gasteiger partial charge in [-0.25, -0.2) is 22.3 Å². The molecule has 3 rings (SSSR count). The molecule has 10 heteroatoms. The Labute approximate surface area is 158 Å². The fraction of sp³-hybridized carbons (Fsp3) is 0.118. The molecule has 0 atom stereocenters. The van der Waals surface area contributed by atoms with Crippen molar-refractivity contribution >= 4 is 21.6 Å². The number of aliphatic hydroxyl groups is 1. The molecule has 6 nitrogen and oxygen atoms in total. The summed E-state index contributed by atoms with van der Waals surface area (Å²) in [5.41, 5.74) is 1.51. The zero-order chi connectivity index (χ0) is 19.9. The third kappa shape index (κ3) is 3.59. The summed E-state index contributed by atoms with van der Waals surface area (Å²) in [7, 11) is -4.59. The number of aromatic nitrogens is 1. The average molecular weight is 415 g/mol. The van der Waals surface area contributed by atoms with Crippen molar-refractivity contribution in [2.45, 2.75) is 18.4 Å². The summed E-state index contributed by atoms with van der Waals surface area (Å²) >= 11 is 6.12. The third-order valence-electron chi connectivity index (χ3n) is 3.92. The fourth-order valence-electron chi connectivity index (χ4n) is 2.64. The van der Waals surface area contributed by atoms with Crippen LogP contribution in [0.25, 0.3) is 22.4 Å². The molecule has 0 saturated heterocycles. The molecule has 2 aromatic carbocycles. The molecule has 0 bridgehead atoms. The lowest BCUT2D eigenvalue weighted by Gasteiger charge is -2.08. The number of rotatable bonds is 4. The maximum Gasteiger partial charge on any atom is 0.243 e. The molecule has 0 fully saturated rings. The summed E-state index contributed by atoms with van der Waals surface area (Å²) in [4.78, 5) is -1.24. The number of benzene rings is 2. The van der Waals surface area contributed by atoms with Crippen molar-refractivity contribution in [2.24, 2.45) is 5.14 Å². The molecule has 1 aromatic heterocycles. The predicted octanol–water partition coefficient (Wildman–Crippen LogP) is 3.39. The normalized spacial score (nSPS) is 11.8. The largest absolute Gasteiger partial charge is 0.388 e. The molecule has 0 aliphatic carbocycles. The van der Waals surface area contributed by atoms with E-state index < -0.39 is 33.2 Å². The van der Waals surface area contributed by atoms with Gasteiger partial charge in [-0.2, -0.15) is 0 Å². The number of nitrogens with two attached hydrogens (primary N) is 1. The Morgan fingerprint density at radius 1 is 1.19 bits per heavy atom. The number of primary sulfonamides is 1. The second kappa shape index (κ2) is 7.01. The van der Waals surface area contributed by atoms with Gasteiger partial charge in [-0.3, -0.25) is 0 Å². The van der Waals surface area contributed by atoms with Gasteiger partial charge in [0.1, 0.15) is 23.9 Å². The van der Waals surface area contributed by atoms with Crippen molar-refractivity contribution in [3.63, 3.8) is 0 Å². The van der Waals surface area contributed by atoms with Crippen LogP contribution in [0.4, 0.5) is 8.78 Å². The van der Waals surface area contributed by atoms with E-state index in [2.05, 4.69) is 5.16 Å². The number of aliphatic hydroxyl groups excluding tert-OH is 1. The quantitative estimate of drug-likeness (QED) is 0.680. The summed E-state index contributed by atoms with van der Waals surface area (Å²) in [6.07, 6.45) is 0. The van der Waals surface area contributed by atoms with Gasteiger partial charge in [-0.1, -0.05) is 28.9 Å². The van der Waals surface area contributed by atoms with Crippen LogP contribution in [0.2, 0.25) is 5.02 Å². The molecule has 142 valence electrons. The van der Waals surface area contributed by atoms with Crippen LogP contribution < -0.4 is 5.14 Å². The number of nitrogens with zero attached hydrogens (tertiary/aromatic N) is 1. The highest BCUT2D eigenvalue weighted by atomic mass is 35.5. The molecule has 3 N–H and O–H groups in total. The number of hydrogen-bond acceptors (Lipinski definition) is 5. The first-order valence-electron chi connectivity index (χ1n) is 7.51. The van der Waals surface area contributed by atoms with Gasteiger partial charge < -0.3 is 9.63 Å². The Morgan fingerprint density at radius 3 is 2.33 bits per heavy atom. The van der Waals surface area contributed by atoms with Crippen molar-refractivity contribution in [1.29, 1.82) is 0 Å². The zero-order valence-electron chi connectivity index (χ0n) is 13.8. The average Bonchev–Trinajstić information content (AvgIpc) is 2.99. The van der Waals surface area contributed by atoms with E-state index in [0.29, 0.717) is 10.6 Å². The van der Waals surface area contributed by atoms with Gasteiger partial charge in [0.05, 0.1) is 5.56 Å². The summed E-state index contributed by atoms with van der Waals surface area (Å²) in [6.45, 7) is 1.20. The van der Waals surface area contributed by atoms with Crippen molar-refractivity contribution in [1.82, 2.24) is 5.16 Å². The molecule has 3 aromatic rings. The maximum absolute atomic E-state index is 14.3. The van der Waals surface area contributed by atoms with Crippen LogP contribution in [-0.2, 0) is 16.6 Å². The van der Waals surface area contributed by atoms with Gasteiger partial charge in [0.25, 0.3) is 0 Å². The summed E-state index contributed by atoms with van der Waals surface area (Å²) in [6, 6.07) is 6.56. The molecule has 27 heavy (non-hydrogen) atoms. The van der Waals surface area contributed by atoms with Crippen molar-refractivity contribution in [3.05, 3.63) is 58.3 Å². The monoisotopic (exact) mass is 414 g/mol. The first-order valence-corrected chi connectivity index (χ1v) is 9.44. The molecule has 0 aliphatic rings. The van der Waals surface area contributed by atoms with Crippen molar-refractivity contribution < 1.29 is 26.8 Å². The number of hydrogen-bond donors (Lipinski definition) is 2. The molecule has 0 unspecified atom stereocenters. The molecule has 0 radical (unpaired) electrons. The van der Waals surface area contributed by atoms with Crippen LogP contribution in [0.3, 0.4) is 0 Å². The topological polar surface area (TPSA) is 106 Å². The van der Waals surface area contributed by atoms with Gasteiger partial charge in [0, 0.05) is 10.6 Å². The van der Waals surface area contributed by atoms with E-state index in [-0.39, 0.29) is 22.6 Å². The first-order chi connectivity index (χ1) is 12.6. The molecule has 0 amide bonds. The van der Waals surface area contributed by atoms with Crippen molar-refractivity contribution in [2.75, 3.05) is 0 Å².